The number of nitrogens with zero attached hydrogens (tertiary/aromatic N) is 2. The highest BCUT2D eigenvalue weighted by Gasteiger charge is 2.29. The summed E-state index contributed by atoms with van der Waals surface area (Å²) in [4.78, 5) is 24.6. The van der Waals surface area contributed by atoms with Gasteiger partial charge in [0.05, 0.1) is 6.61 Å². The summed E-state index contributed by atoms with van der Waals surface area (Å²) in [5.74, 6) is -0.236. The van der Waals surface area contributed by atoms with E-state index < -0.39 is 0 Å². The molecule has 1 aliphatic carbocycles. The quantitative estimate of drug-likeness (QED) is 0.756. The number of aliphatic hydroxyl groups excluding tert-OH is 1. The number of H-pyrrole nitrogens is 1. The third kappa shape index (κ3) is 2.52. The van der Waals surface area contributed by atoms with E-state index in [9.17, 15) is 9.59 Å². The standard InChI is InChI=1S/C11H15N3O3/c15-7-6-14(8-2-1-3-8)11(17)9-4-5-10(16)13-12-9/h4-5,8,15H,1-3,6-7H2,(H,13,16). The first-order valence-corrected chi connectivity index (χ1v) is 5.70. The molecule has 0 aromatic carbocycles. The van der Waals surface area contributed by atoms with Crippen molar-refractivity contribution in [3.8, 4) is 0 Å². The monoisotopic (exact) mass is 237 g/mol. The largest absolute Gasteiger partial charge is 0.395 e. The number of aliphatic hydroxyl groups is 1. The molecule has 0 spiro atoms. The molecule has 1 aliphatic rings. The van der Waals surface area contributed by atoms with Crippen molar-refractivity contribution in [1.82, 2.24) is 15.1 Å². The number of amides is 1. The van der Waals surface area contributed by atoms with Crippen LogP contribution in [0.1, 0.15) is 29.8 Å². The molecule has 1 aromatic heterocycles. The van der Waals surface area contributed by atoms with Gasteiger partial charge in [-0.25, -0.2) is 5.10 Å². The summed E-state index contributed by atoms with van der Waals surface area (Å²) < 4.78 is 0. The van der Waals surface area contributed by atoms with Crippen molar-refractivity contribution >= 4 is 5.91 Å². The Kier molecular flexibility index (Phi) is 3.53. The molecule has 17 heavy (non-hydrogen) atoms. The Balaban J connectivity index is 2.14. The molecule has 0 saturated heterocycles. The van der Waals surface area contributed by atoms with Crippen LogP contribution in [0.3, 0.4) is 0 Å². The van der Waals surface area contributed by atoms with E-state index in [0.717, 1.165) is 19.3 Å². The van der Waals surface area contributed by atoms with Crippen molar-refractivity contribution in [3.63, 3.8) is 0 Å². The van der Waals surface area contributed by atoms with E-state index in [1.165, 1.54) is 12.1 Å². The third-order valence-corrected chi connectivity index (χ3v) is 3.02. The van der Waals surface area contributed by atoms with E-state index in [2.05, 4.69) is 10.2 Å². The van der Waals surface area contributed by atoms with Crippen molar-refractivity contribution in [3.05, 3.63) is 28.2 Å². The zero-order valence-corrected chi connectivity index (χ0v) is 9.43. The van der Waals surface area contributed by atoms with E-state index in [0.29, 0.717) is 6.54 Å². The maximum absolute atomic E-state index is 12.1. The smallest absolute Gasteiger partial charge is 0.274 e. The zero-order valence-electron chi connectivity index (χ0n) is 9.43. The van der Waals surface area contributed by atoms with Gasteiger partial charge >= 0.3 is 0 Å². The number of hydrogen-bond donors (Lipinski definition) is 2. The van der Waals surface area contributed by atoms with Crippen LogP contribution < -0.4 is 5.56 Å². The summed E-state index contributed by atoms with van der Waals surface area (Å²) in [5, 5.41) is 14.9. The lowest BCUT2D eigenvalue weighted by molar-refractivity contribution is 0.0518. The van der Waals surface area contributed by atoms with Crippen molar-refractivity contribution < 1.29 is 9.90 Å². The second kappa shape index (κ2) is 5.09. The van der Waals surface area contributed by atoms with Crippen LogP contribution in [0.15, 0.2) is 16.9 Å². The van der Waals surface area contributed by atoms with E-state index >= 15 is 0 Å². The van der Waals surface area contributed by atoms with E-state index in [-0.39, 0.29) is 29.8 Å². The maximum atomic E-state index is 12.1. The fraction of sp³-hybridized carbons (Fsp3) is 0.545. The van der Waals surface area contributed by atoms with Gasteiger partial charge in [0.25, 0.3) is 11.5 Å². The summed E-state index contributed by atoms with van der Waals surface area (Å²) in [5.41, 5.74) is -0.121. The average Bonchev–Trinajstić information content (AvgIpc) is 2.26. The average molecular weight is 237 g/mol. The highest BCUT2D eigenvalue weighted by atomic mass is 16.3. The van der Waals surface area contributed by atoms with Gasteiger partial charge in [-0.05, 0) is 25.3 Å². The van der Waals surface area contributed by atoms with Gasteiger partial charge in [0.15, 0.2) is 0 Å². The van der Waals surface area contributed by atoms with Crippen LogP contribution in [0.4, 0.5) is 0 Å². The molecule has 1 fully saturated rings. The van der Waals surface area contributed by atoms with E-state index in [1.807, 2.05) is 0 Å². The molecule has 6 heteroatoms. The van der Waals surface area contributed by atoms with Crippen molar-refractivity contribution in [2.24, 2.45) is 0 Å². The second-order valence-corrected chi connectivity index (χ2v) is 4.11. The van der Waals surface area contributed by atoms with Gasteiger partial charge in [-0.1, -0.05) is 0 Å². The molecule has 6 nitrogen and oxygen atoms in total. The number of carbonyl (C=O) groups is 1. The Labute approximate surface area is 98.3 Å². The van der Waals surface area contributed by atoms with E-state index in [4.69, 9.17) is 5.11 Å². The van der Waals surface area contributed by atoms with Crippen molar-refractivity contribution in [2.45, 2.75) is 25.3 Å². The first-order chi connectivity index (χ1) is 8.22. The first-order valence-electron chi connectivity index (χ1n) is 5.70. The van der Waals surface area contributed by atoms with Gasteiger partial charge < -0.3 is 10.0 Å². The molecule has 2 rings (SSSR count). The molecule has 0 radical (unpaired) electrons. The lowest BCUT2D eigenvalue weighted by Crippen LogP contribution is -2.46. The number of carbonyl (C=O) groups excluding carboxylic acids is 1. The Bertz CT molecular complexity index is 433. The number of rotatable bonds is 4. The summed E-state index contributed by atoms with van der Waals surface area (Å²) in [6, 6.07) is 2.88. The molecular formula is C11H15N3O3. The lowest BCUT2D eigenvalue weighted by atomic mass is 9.91. The van der Waals surface area contributed by atoms with Gasteiger partial charge in [0, 0.05) is 18.7 Å². The fourth-order valence-corrected chi connectivity index (χ4v) is 1.87. The van der Waals surface area contributed by atoms with Gasteiger partial charge in [0.1, 0.15) is 5.69 Å². The molecule has 1 amide bonds. The predicted molar refractivity (Wildman–Crippen MR) is 60.6 cm³/mol. The summed E-state index contributed by atoms with van der Waals surface area (Å²) in [7, 11) is 0. The van der Waals surface area contributed by atoms with Crippen molar-refractivity contribution in [2.75, 3.05) is 13.2 Å². The minimum atomic E-state index is -0.334. The highest BCUT2D eigenvalue weighted by Crippen LogP contribution is 2.25. The SMILES string of the molecule is O=C(c1ccc(=O)[nH]n1)N(CCO)C1CCC1. The second-order valence-electron chi connectivity index (χ2n) is 4.11. The van der Waals surface area contributed by atoms with Crippen molar-refractivity contribution in [1.29, 1.82) is 0 Å². The minimum absolute atomic E-state index is 0.0639. The number of hydrogen-bond acceptors (Lipinski definition) is 4. The molecule has 0 bridgehead atoms. The normalized spacial score (nSPS) is 15.4. The van der Waals surface area contributed by atoms with Gasteiger partial charge in [0.2, 0.25) is 0 Å². The Morgan fingerprint density at radius 2 is 2.29 bits per heavy atom. The summed E-state index contributed by atoms with van der Waals surface area (Å²) >= 11 is 0. The zero-order chi connectivity index (χ0) is 12.3. The summed E-state index contributed by atoms with van der Waals surface area (Å²) in [6.45, 7) is 0.246. The molecule has 92 valence electrons. The van der Waals surface area contributed by atoms with Crippen LogP contribution in [-0.2, 0) is 0 Å². The molecule has 1 saturated carbocycles. The Morgan fingerprint density at radius 1 is 1.53 bits per heavy atom. The minimum Gasteiger partial charge on any atom is -0.395 e. The highest BCUT2D eigenvalue weighted by molar-refractivity contribution is 5.92. The molecule has 0 aliphatic heterocycles. The number of nitrogens with one attached hydrogen (secondary N) is 1. The predicted octanol–water partition coefficient (Wildman–Crippen LogP) is -0.243. The maximum Gasteiger partial charge on any atom is 0.274 e. The van der Waals surface area contributed by atoms with Gasteiger partial charge in [-0.3, -0.25) is 9.59 Å². The van der Waals surface area contributed by atoms with E-state index in [1.54, 1.807) is 4.90 Å². The van der Waals surface area contributed by atoms with Crippen LogP contribution >= 0.6 is 0 Å². The lowest BCUT2D eigenvalue weighted by Gasteiger charge is -2.36. The molecule has 0 unspecified atom stereocenters. The fourth-order valence-electron chi connectivity index (χ4n) is 1.87. The van der Waals surface area contributed by atoms with Gasteiger partial charge in [-0.2, -0.15) is 5.10 Å². The Hall–Kier alpha value is -1.69. The molecule has 1 heterocycles. The van der Waals surface area contributed by atoms with Crippen LogP contribution in [0.5, 0.6) is 0 Å². The topological polar surface area (TPSA) is 86.3 Å². The Morgan fingerprint density at radius 3 is 2.76 bits per heavy atom. The summed E-state index contributed by atoms with van der Waals surface area (Å²) in [6.07, 6.45) is 3.04. The number of aromatic amines is 1. The molecule has 0 atom stereocenters. The van der Waals surface area contributed by atoms with Gasteiger partial charge in [-0.15, -0.1) is 0 Å². The van der Waals surface area contributed by atoms with Crippen LogP contribution in [0, 0.1) is 0 Å². The van der Waals surface area contributed by atoms with Crippen LogP contribution in [0.2, 0.25) is 0 Å². The molecule has 2 N–H and O–H groups in total. The number of aromatic nitrogens is 2. The molecule has 1 aromatic rings. The van der Waals surface area contributed by atoms with Crippen LogP contribution in [-0.4, -0.2) is 45.3 Å². The van der Waals surface area contributed by atoms with Crippen LogP contribution in [0.25, 0.3) is 0 Å². The molecular weight excluding hydrogens is 222 g/mol. The first kappa shape index (κ1) is 11.8. The third-order valence-electron chi connectivity index (χ3n) is 3.02.